The van der Waals surface area contributed by atoms with Gasteiger partial charge in [0, 0.05) is 35.4 Å². The molecule has 0 saturated carbocycles. The van der Waals surface area contributed by atoms with Crippen LogP contribution in [0.15, 0.2) is 16.6 Å². The quantitative estimate of drug-likeness (QED) is 0.722. The van der Waals surface area contributed by atoms with Crippen molar-refractivity contribution < 1.29 is 4.74 Å². The number of ether oxygens (including phenoxy) is 1. The summed E-state index contributed by atoms with van der Waals surface area (Å²) < 4.78 is 6.89. The summed E-state index contributed by atoms with van der Waals surface area (Å²) in [7, 11) is 0. The van der Waals surface area contributed by atoms with E-state index in [0.717, 1.165) is 55.1 Å². The standard InChI is InChI=1S/C16H23BrClNO/c1-16(2,5-3-6-18)11-19-10-13-9-14(17)8-12-4-7-20-15(12)13/h8-9,19H,3-7,10-11H2,1-2H3. The highest BCUT2D eigenvalue weighted by molar-refractivity contribution is 9.10. The predicted octanol–water partition coefficient (Wildman–Crippen LogP) is 4.52. The van der Waals surface area contributed by atoms with Crippen LogP contribution < -0.4 is 10.1 Å². The molecule has 1 N–H and O–H groups in total. The van der Waals surface area contributed by atoms with Gasteiger partial charge in [0.15, 0.2) is 0 Å². The summed E-state index contributed by atoms with van der Waals surface area (Å²) in [5.74, 6) is 1.83. The van der Waals surface area contributed by atoms with Crippen LogP contribution >= 0.6 is 27.5 Å². The first kappa shape index (κ1) is 16.1. The molecule has 0 fully saturated rings. The van der Waals surface area contributed by atoms with Crippen LogP contribution in [0, 0.1) is 5.41 Å². The lowest BCUT2D eigenvalue weighted by Gasteiger charge is -2.25. The van der Waals surface area contributed by atoms with Gasteiger partial charge in [-0.3, -0.25) is 0 Å². The van der Waals surface area contributed by atoms with Crippen LogP contribution in [-0.4, -0.2) is 19.0 Å². The number of halogens is 2. The van der Waals surface area contributed by atoms with Gasteiger partial charge in [0.05, 0.1) is 6.61 Å². The topological polar surface area (TPSA) is 21.3 Å². The Kier molecular flexibility index (Phi) is 5.76. The zero-order valence-electron chi connectivity index (χ0n) is 12.3. The van der Waals surface area contributed by atoms with Crippen LogP contribution in [0.25, 0.3) is 0 Å². The number of hydrogen-bond acceptors (Lipinski definition) is 2. The number of rotatable bonds is 7. The normalized spacial score (nSPS) is 14.2. The highest BCUT2D eigenvalue weighted by Crippen LogP contribution is 2.33. The zero-order valence-corrected chi connectivity index (χ0v) is 14.6. The summed E-state index contributed by atoms with van der Waals surface area (Å²) in [5, 5.41) is 3.56. The number of nitrogens with one attached hydrogen (secondary N) is 1. The Morgan fingerprint density at radius 1 is 1.40 bits per heavy atom. The van der Waals surface area contributed by atoms with Crippen LogP contribution in [0.5, 0.6) is 5.75 Å². The van der Waals surface area contributed by atoms with Gasteiger partial charge < -0.3 is 10.1 Å². The van der Waals surface area contributed by atoms with E-state index in [1.54, 1.807) is 0 Å². The smallest absolute Gasteiger partial charge is 0.127 e. The molecule has 1 aliphatic rings. The van der Waals surface area contributed by atoms with Crippen LogP contribution in [0.1, 0.15) is 37.8 Å². The second-order valence-electron chi connectivity index (χ2n) is 6.21. The van der Waals surface area contributed by atoms with E-state index >= 15 is 0 Å². The lowest BCUT2D eigenvalue weighted by Crippen LogP contribution is -2.29. The molecule has 4 heteroatoms. The zero-order chi connectivity index (χ0) is 14.6. The molecule has 0 atom stereocenters. The van der Waals surface area contributed by atoms with E-state index in [-0.39, 0.29) is 5.41 Å². The third-order valence-corrected chi connectivity index (χ3v) is 4.46. The molecule has 1 heterocycles. The van der Waals surface area contributed by atoms with Gasteiger partial charge in [-0.1, -0.05) is 29.8 Å². The molecule has 0 spiro atoms. The second kappa shape index (κ2) is 7.15. The molecule has 0 aromatic heterocycles. The van der Waals surface area contributed by atoms with Crippen molar-refractivity contribution in [3.05, 3.63) is 27.7 Å². The number of benzene rings is 1. The van der Waals surface area contributed by atoms with E-state index in [1.807, 2.05) is 0 Å². The Morgan fingerprint density at radius 3 is 2.95 bits per heavy atom. The first-order valence-corrected chi connectivity index (χ1v) is 8.55. The molecule has 20 heavy (non-hydrogen) atoms. The van der Waals surface area contributed by atoms with Gasteiger partial charge in [-0.15, -0.1) is 11.6 Å². The maximum atomic E-state index is 5.78. The molecule has 0 saturated heterocycles. The lowest BCUT2D eigenvalue weighted by atomic mass is 9.88. The molecule has 112 valence electrons. The Balaban J connectivity index is 1.92. The summed E-state index contributed by atoms with van der Waals surface area (Å²) in [4.78, 5) is 0. The monoisotopic (exact) mass is 359 g/mol. The minimum Gasteiger partial charge on any atom is -0.493 e. The molecule has 1 aliphatic heterocycles. The molecule has 2 nitrogen and oxygen atoms in total. The minimum absolute atomic E-state index is 0.283. The van der Waals surface area contributed by atoms with Crippen molar-refractivity contribution in [2.75, 3.05) is 19.0 Å². The van der Waals surface area contributed by atoms with Crippen LogP contribution in [0.2, 0.25) is 0 Å². The summed E-state index contributed by atoms with van der Waals surface area (Å²) >= 11 is 9.36. The summed E-state index contributed by atoms with van der Waals surface area (Å²) in [6.07, 6.45) is 3.24. The second-order valence-corrected chi connectivity index (χ2v) is 7.51. The fraction of sp³-hybridized carbons (Fsp3) is 0.625. The predicted molar refractivity (Wildman–Crippen MR) is 88.8 cm³/mol. The van der Waals surface area contributed by atoms with Crippen molar-refractivity contribution in [2.24, 2.45) is 5.41 Å². The van der Waals surface area contributed by atoms with Crippen LogP contribution in [0.4, 0.5) is 0 Å². The van der Waals surface area contributed by atoms with Gasteiger partial charge in [-0.2, -0.15) is 0 Å². The fourth-order valence-corrected chi connectivity index (χ4v) is 3.33. The number of hydrogen-bond donors (Lipinski definition) is 1. The molecule has 0 amide bonds. The van der Waals surface area contributed by atoms with E-state index in [1.165, 1.54) is 11.1 Å². The Morgan fingerprint density at radius 2 is 2.20 bits per heavy atom. The molecule has 1 aromatic carbocycles. The van der Waals surface area contributed by atoms with Gasteiger partial charge in [-0.25, -0.2) is 0 Å². The molecule has 2 rings (SSSR count). The molecular formula is C16H23BrClNO. The number of alkyl halides is 1. The minimum atomic E-state index is 0.283. The average molecular weight is 361 g/mol. The van der Waals surface area contributed by atoms with Crippen molar-refractivity contribution in [1.82, 2.24) is 5.32 Å². The third-order valence-electron chi connectivity index (χ3n) is 3.73. The summed E-state index contributed by atoms with van der Waals surface area (Å²) in [6, 6.07) is 4.32. The molecule has 0 bridgehead atoms. The first-order valence-electron chi connectivity index (χ1n) is 7.23. The molecular weight excluding hydrogens is 338 g/mol. The van der Waals surface area contributed by atoms with Gasteiger partial charge in [0.25, 0.3) is 0 Å². The van der Waals surface area contributed by atoms with E-state index in [0.29, 0.717) is 0 Å². The van der Waals surface area contributed by atoms with Crippen molar-refractivity contribution in [1.29, 1.82) is 0 Å². The van der Waals surface area contributed by atoms with E-state index < -0.39 is 0 Å². The maximum Gasteiger partial charge on any atom is 0.127 e. The molecule has 1 aromatic rings. The van der Waals surface area contributed by atoms with Crippen molar-refractivity contribution >= 4 is 27.5 Å². The highest BCUT2D eigenvalue weighted by Gasteiger charge is 2.19. The SMILES string of the molecule is CC(C)(CCCCl)CNCc1cc(Br)cc2c1OCC2. The van der Waals surface area contributed by atoms with E-state index in [2.05, 4.69) is 47.2 Å². The Bertz CT molecular complexity index is 462. The summed E-state index contributed by atoms with van der Waals surface area (Å²) in [6.45, 7) is 7.22. The summed E-state index contributed by atoms with van der Waals surface area (Å²) in [5.41, 5.74) is 2.85. The van der Waals surface area contributed by atoms with Gasteiger partial charge in [0.1, 0.15) is 5.75 Å². The Hall–Kier alpha value is -0.250. The number of fused-ring (bicyclic) bond motifs is 1. The van der Waals surface area contributed by atoms with E-state index in [4.69, 9.17) is 16.3 Å². The maximum absolute atomic E-state index is 5.78. The Labute approximate surface area is 135 Å². The van der Waals surface area contributed by atoms with Gasteiger partial charge in [0.2, 0.25) is 0 Å². The largest absolute Gasteiger partial charge is 0.493 e. The average Bonchev–Trinajstić information content (AvgIpc) is 2.84. The van der Waals surface area contributed by atoms with Crippen molar-refractivity contribution in [2.45, 2.75) is 39.7 Å². The van der Waals surface area contributed by atoms with Crippen LogP contribution in [-0.2, 0) is 13.0 Å². The first-order chi connectivity index (χ1) is 9.52. The fourth-order valence-electron chi connectivity index (χ4n) is 2.65. The van der Waals surface area contributed by atoms with Gasteiger partial charge >= 0.3 is 0 Å². The van der Waals surface area contributed by atoms with Gasteiger partial charge in [-0.05, 0) is 36.0 Å². The van der Waals surface area contributed by atoms with E-state index in [9.17, 15) is 0 Å². The molecule has 0 unspecified atom stereocenters. The van der Waals surface area contributed by atoms with Crippen molar-refractivity contribution in [3.8, 4) is 5.75 Å². The van der Waals surface area contributed by atoms with Crippen molar-refractivity contribution in [3.63, 3.8) is 0 Å². The third kappa shape index (κ3) is 4.37. The lowest BCUT2D eigenvalue weighted by molar-refractivity contribution is 0.308. The molecule has 0 radical (unpaired) electrons. The molecule has 0 aliphatic carbocycles. The highest BCUT2D eigenvalue weighted by atomic mass is 79.9. The van der Waals surface area contributed by atoms with Crippen LogP contribution in [0.3, 0.4) is 0 Å².